The molecule has 1 amide bonds. The van der Waals surface area contributed by atoms with Gasteiger partial charge in [0.15, 0.2) is 5.17 Å². The van der Waals surface area contributed by atoms with Crippen LogP contribution in [0.25, 0.3) is 0 Å². The van der Waals surface area contributed by atoms with Crippen molar-refractivity contribution in [3.63, 3.8) is 0 Å². The summed E-state index contributed by atoms with van der Waals surface area (Å²) in [5, 5.41) is 7.69. The number of hydrogen-bond acceptors (Lipinski definition) is 8. The minimum Gasteiger partial charge on any atom is -0.497 e. The van der Waals surface area contributed by atoms with Crippen molar-refractivity contribution in [3.8, 4) is 5.75 Å². The molecule has 0 spiro atoms. The molecule has 0 saturated carbocycles. The molecule has 172 valence electrons. The maximum Gasteiger partial charge on any atom is 0.338 e. The Morgan fingerprint density at radius 2 is 2.06 bits per heavy atom. The Bertz CT molecular complexity index is 1140. The highest BCUT2D eigenvalue weighted by molar-refractivity contribution is 8.16. The lowest BCUT2D eigenvalue weighted by Crippen LogP contribution is -2.38. The first kappa shape index (κ1) is 23.1. The van der Waals surface area contributed by atoms with Gasteiger partial charge in [0.05, 0.1) is 38.0 Å². The van der Waals surface area contributed by atoms with Gasteiger partial charge in [-0.05, 0) is 47.9 Å². The summed E-state index contributed by atoms with van der Waals surface area (Å²) in [4.78, 5) is 33.3. The summed E-state index contributed by atoms with van der Waals surface area (Å²) in [5.74, 6) is 0.164. The predicted molar refractivity (Wildman–Crippen MR) is 131 cm³/mol. The van der Waals surface area contributed by atoms with Crippen LogP contribution in [-0.4, -0.2) is 42.7 Å². The zero-order chi connectivity index (χ0) is 23.4. The van der Waals surface area contributed by atoms with Crippen molar-refractivity contribution < 1.29 is 19.1 Å². The summed E-state index contributed by atoms with van der Waals surface area (Å²) in [6.07, 6.45) is 0.985. The Morgan fingerprint density at radius 3 is 2.79 bits per heavy atom. The van der Waals surface area contributed by atoms with Gasteiger partial charge >= 0.3 is 5.97 Å². The van der Waals surface area contributed by atoms with Gasteiger partial charge in [-0.25, -0.2) is 9.79 Å². The number of methoxy groups -OCH3 is 2. The average molecular weight is 484 g/mol. The second kappa shape index (κ2) is 10.3. The number of nitrogens with one attached hydrogen (secondary N) is 1. The molecule has 1 N–H and O–H groups in total. The topological polar surface area (TPSA) is 80.2 Å². The SMILES string of the molecule is COC(=O)C1=C(C)N=C2SC=C(CC(=O)NCCc3cccs3)N2C1c1cccc(OC)c1. The first-order valence-corrected chi connectivity index (χ1v) is 12.2. The molecular weight excluding hydrogens is 458 g/mol. The molecule has 1 unspecified atom stereocenters. The number of ether oxygens (including phenoxy) is 2. The van der Waals surface area contributed by atoms with Crippen LogP contribution in [0.5, 0.6) is 5.75 Å². The van der Waals surface area contributed by atoms with Gasteiger partial charge in [-0.15, -0.1) is 11.3 Å². The number of fused-ring (bicyclic) bond motifs is 1. The lowest BCUT2D eigenvalue weighted by molar-refractivity contribution is -0.136. The van der Waals surface area contributed by atoms with E-state index in [4.69, 9.17) is 9.47 Å². The number of carbonyl (C=O) groups excluding carboxylic acids is 2. The molecule has 2 aromatic rings. The van der Waals surface area contributed by atoms with Crippen molar-refractivity contribution in [2.45, 2.75) is 25.8 Å². The van der Waals surface area contributed by atoms with Crippen LogP contribution in [0, 0.1) is 0 Å². The monoisotopic (exact) mass is 483 g/mol. The van der Waals surface area contributed by atoms with Gasteiger partial charge in [-0.3, -0.25) is 4.79 Å². The van der Waals surface area contributed by atoms with Crippen LogP contribution >= 0.6 is 23.1 Å². The van der Waals surface area contributed by atoms with Gasteiger partial charge in [0, 0.05) is 17.1 Å². The lowest BCUT2D eigenvalue weighted by Gasteiger charge is -2.36. The number of carbonyl (C=O) groups is 2. The lowest BCUT2D eigenvalue weighted by atomic mass is 9.93. The molecule has 0 radical (unpaired) electrons. The van der Waals surface area contributed by atoms with E-state index in [0.717, 1.165) is 22.8 Å². The standard InChI is InChI=1S/C24H25N3O4S2/c1-15-21(23(29)31-3)22(16-6-4-7-18(12-16)30-2)27-17(14-33-24(27)26-15)13-20(28)25-10-9-19-8-5-11-32-19/h4-8,11-12,14,22H,9-10,13H2,1-3H3,(H,25,28). The third-order valence-electron chi connectivity index (χ3n) is 5.43. The van der Waals surface area contributed by atoms with E-state index in [-0.39, 0.29) is 12.3 Å². The van der Waals surface area contributed by atoms with Gasteiger partial charge in [0.1, 0.15) is 5.75 Å². The highest BCUT2D eigenvalue weighted by atomic mass is 32.2. The number of hydrogen-bond donors (Lipinski definition) is 1. The zero-order valence-electron chi connectivity index (χ0n) is 18.7. The molecular formula is C24H25N3O4S2. The van der Waals surface area contributed by atoms with Gasteiger partial charge in [-0.2, -0.15) is 0 Å². The molecule has 1 aromatic carbocycles. The van der Waals surface area contributed by atoms with E-state index in [2.05, 4.69) is 16.4 Å². The van der Waals surface area contributed by atoms with Crippen LogP contribution in [0.4, 0.5) is 0 Å². The smallest absolute Gasteiger partial charge is 0.338 e. The molecule has 33 heavy (non-hydrogen) atoms. The maximum atomic E-state index is 12.8. The van der Waals surface area contributed by atoms with Gasteiger partial charge in [0.2, 0.25) is 5.91 Å². The second-order valence-corrected chi connectivity index (χ2v) is 9.39. The van der Waals surface area contributed by atoms with Crippen molar-refractivity contribution in [3.05, 3.63) is 74.6 Å². The number of benzene rings is 1. The third-order valence-corrected chi connectivity index (χ3v) is 7.26. The number of esters is 1. The van der Waals surface area contributed by atoms with Crippen LogP contribution in [-0.2, 0) is 20.7 Å². The average Bonchev–Trinajstić information content (AvgIpc) is 3.48. The van der Waals surface area contributed by atoms with Crippen LogP contribution < -0.4 is 10.1 Å². The van der Waals surface area contributed by atoms with E-state index in [1.54, 1.807) is 25.4 Å². The molecule has 0 bridgehead atoms. The van der Waals surface area contributed by atoms with Gasteiger partial charge < -0.3 is 19.7 Å². The largest absolute Gasteiger partial charge is 0.497 e. The molecule has 2 aliphatic rings. The summed E-state index contributed by atoms with van der Waals surface area (Å²) in [5.41, 5.74) is 2.69. The van der Waals surface area contributed by atoms with Crippen LogP contribution in [0.2, 0.25) is 0 Å². The molecule has 7 nitrogen and oxygen atoms in total. The minimum absolute atomic E-state index is 0.0741. The fraction of sp³-hybridized carbons (Fsp3) is 0.292. The number of aliphatic imine (C=N–C) groups is 1. The van der Waals surface area contributed by atoms with E-state index >= 15 is 0 Å². The van der Waals surface area contributed by atoms with Crippen molar-refractivity contribution in [2.24, 2.45) is 4.99 Å². The molecule has 0 aliphatic carbocycles. The third kappa shape index (κ3) is 4.99. The van der Waals surface area contributed by atoms with E-state index in [1.807, 2.05) is 46.0 Å². The Morgan fingerprint density at radius 1 is 1.21 bits per heavy atom. The summed E-state index contributed by atoms with van der Waals surface area (Å²) < 4.78 is 10.5. The molecule has 0 fully saturated rings. The predicted octanol–water partition coefficient (Wildman–Crippen LogP) is 4.25. The van der Waals surface area contributed by atoms with Crippen LogP contribution in [0.15, 0.2) is 69.1 Å². The summed E-state index contributed by atoms with van der Waals surface area (Å²) in [6.45, 7) is 2.38. The Hall–Kier alpha value is -3.04. The highest BCUT2D eigenvalue weighted by Crippen LogP contribution is 2.45. The fourth-order valence-corrected chi connectivity index (χ4v) is 5.55. The van der Waals surface area contributed by atoms with E-state index in [1.165, 1.54) is 23.7 Å². The molecule has 3 heterocycles. The normalized spacial score (nSPS) is 17.3. The maximum absolute atomic E-state index is 12.8. The molecule has 2 aliphatic heterocycles. The van der Waals surface area contributed by atoms with Crippen molar-refractivity contribution >= 4 is 40.1 Å². The van der Waals surface area contributed by atoms with E-state index < -0.39 is 12.0 Å². The highest BCUT2D eigenvalue weighted by Gasteiger charge is 2.41. The van der Waals surface area contributed by atoms with Crippen molar-refractivity contribution in [1.29, 1.82) is 0 Å². The number of amides is 1. The van der Waals surface area contributed by atoms with E-state index in [0.29, 0.717) is 23.6 Å². The molecule has 1 atom stereocenters. The zero-order valence-corrected chi connectivity index (χ0v) is 20.3. The first-order valence-electron chi connectivity index (χ1n) is 10.5. The molecule has 9 heteroatoms. The van der Waals surface area contributed by atoms with Gasteiger partial charge in [0.25, 0.3) is 0 Å². The molecule has 1 aromatic heterocycles. The first-order chi connectivity index (χ1) is 16.0. The Labute approximate surface area is 201 Å². The van der Waals surface area contributed by atoms with Crippen molar-refractivity contribution in [2.75, 3.05) is 20.8 Å². The fourth-order valence-electron chi connectivity index (χ4n) is 3.87. The number of allylic oxidation sites excluding steroid dienone is 1. The minimum atomic E-state index is -0.472. The van der Waals surface area contributed by atoms with Crippen LogP contribution in [0.1, 0.15) is 29.8 Å². The second-order valence-electron chi connectivity index (χ2n) is 7.52. The summed E-state index contributed by atoms with van der Waals surface area (Å²) in [6, 6.07) is 11.2. The number of thiophene rings is 1. The molecule has 0 saturated heterocycles. The van der Waals surface area contributed by atoms with Gasteiger partial charge in [-0.1, -0.05) is 30.0 Å². The number of rotatable bonds is 8. The summed E-state index contributed by atoms with van der Waals surface area (Å²) in [7, 11) is 2.97. The number of nitrogens with zero attached hydrogens (tertiary/aromatic N) is 2. The van der Waals surface area contributed by atoms with Crippen molar-refractivity contribution in [1.82, 2.24) is 10.2 Å². The van der Waals surface area contributed by atoms with E-state index in [9.17, 15) is 9.59 Å². The number of thioether (sulfide) groups is 1. The Balaban J connectivity index is 1.58. The number of amidine groups is 1. The summed E-state index contributed by atoms with van der Waals surface area (Å²) >= 11 is 3.13. The Kier molecular flexibility index (Phi) is 7.20. The molecule has 4 rings (SSSR count). The quantitative estimate of drug-likeness (QED) is 0.566. The van der Waals surface area contributed by atoms with Crippen LogP contribution in [0.3, 0.4) is 0 Å².